The topological polar surface area (TPSA) is 70.5 Å². The third-order valence-electron chi connectivity index (χ3n) is 3.09. The molecule has 20 heavy (non-hydrogen) atoms. The van der Waals surface area contributed by atoms with Crippen LogP contribution in [-0.4, -0.2) is 43.6 Å². The first-order valence-corrected chi connectivity index (χ1v) is 6.77. The monoisotopic (exact) mass is 279 g/mol. The van der Waals surface area contributed by atoms with Gasteiger partial charge in [-0.2, -0.15) is 0 Å². The Bertz CT molecular complexity index is 436. The van der Waals surface area contributed by atoms with E-state index in [2.05, 4.69) is 25.5 Å². The van der Waals surface area contributed by atoms with Gasteiger partial charge in [0.05, 0.1) is 5.41 Å². The fourth-order valence-corrected chi connectivity index (χ4v) is 1.77. The van der Waals surface area contributed by atoms with Gasteiger partial charge >= 0.3 is 0 Å². The fraction of sp³-hybridized carbons (Fsp3) is 0.571. The molecule has 0 spiro atoms. The van der Waals surface area contributed by atoms with Crippen molar-refractivity contribution in [3.05, 3.63) is 24.5 Å². The predicted octanol–water partition coefficient (Wildman–Crippen LogP) is 0.425. The van der Waals surface area contributed by atoms with Gasteiger partial charge in [0.15, 0.2) is 5.96 Å². The molecular weight excluding hydrogens is 254 g/mol. The molecule has 0 aliphatic rings. The molecule has 3 N–H and O–H groups in total. The summed E-state index contributed by atoms with van der Waals surface area (Å²) in [6.07, 6.45) is 4.04. The SMILES string of the molecule is CN=C(NCCn1cccc1)NCC(C)(C)C(=O)NC. The van der Waals surface area contributed by atoms with Crippen molar-refractivity contribution in [2.45, 2.75) is 20.4 Å². The lowest BCUT2D eigenvalue weighted by Crippen LogP contribution is -2.47. The summed E-state index contributed by atoms with van der Waals surface area (Å²) in [6, 6.07) is 4.00. The van der Waals surface area contributed by atoms with Gasteiger partial charge in [-0.3, -0.25) is 9.79 Å². The van der Waals surface area contributed by atoms with Crippen molar-refractivity contribution in [2.24, 2.45) is 10.4 Å². The molecule has 1 rings (SSSR count). The van der Waals surface area contributed by atoms with E-state index in [1.807, 2.05) is 38.4 Å². The summed E-state index contributed by atoms with van der Waals surface area (Å²) in [6.45, 7) is 5.95. The third-order valence-corrected chi connectivity index (χ3v) is 3.09. The Kier molecular flexibility index (Phi) is 6.09. The molecular formula is C14H25N5O. The Morgan fingerprint density at radius 2 is 1.90 bits per heavy atom. The number of carbonyl (C=O) groups is 1. The average Bonchev–Trinajstić information content (AvgIpc) is 2.94. The van der Waals surface area contributed by atoms with Gasteiger partial charge in [-0.15, -0.1) is 0 Å². The van der Waals surface area contributed by atoms with Crippen molar-refractivity contribution in [2.75, 3.05) is 27.2 Å². The van der Waals surface area contributed by atoms with Crippen molar-refractivity contribution < 1.29 is 4.79 Å². The second-order valence-corrected chi connectivity index (χ2v) is 5.24. The van der Waals surface area contributed by atoms with E-state index in [1.54, 1.807) is 14.1 Å². The number of nitrogens with one attached hydrogen (secondary N) is 3. The van der Waals surface area contributed by atoms with Gasteiger partial charge in [-0.25, -0.2) is 0 Å². The van der Waals surface area contributed by atoms with Crippen LogP contribution in [0.15, 0.2) is 29.5 Å². The highest BCUT2D eigenvalue weighted by molar-refractivity contribution is 5.84. The first-order valence-electron chi connectivity index (χ1n) is 6.77. The molecule has 0 fully saturated rings. The Hall–Kier alpha value is -1.98. The summed E-state index contributed by atoms with van der Waals surface area (Å²) in [4.78, 5) is 15.8. The van der Waals surface area contributed by atoms with E-state index in [0.717, 1.165) is 13.1 Å². The number of aromatic nitrogens is 1. The van der Waals surface area contributed by atoms with E-state index in [-0.39, 0.29) is 5.91 Å². The van der Waals surface area contributed by atoms with E-state index < -0.39 is 5.41 Å². The Morgan fingerprint density at radius 1 is 1.25 bits per heavy atom. The van der Waals surface area contributed by atoms with Crippen LogP contribution in [0, 0.1) is 5.41 Å². The highest BCUT2D eigenvalue weighted by Crippen LogP contribution is 2.12. The zero-order valence-electron chi connectivity index (χ0n) is 12.7. The highest BCUT2D eigenvalue weighted by Gasteiger charge is 2.26. The summed E-state index contributed by atoms with van der Waals surface area (Å²) in [5.74, 6) is 0.710. The predicted molar refractivity (Wildman–Crippen MR) is 81.6 cm³/mol. The summed E-state index contributed by atoms with van der Waals surface area (Å²) >= 11 is 0. The smallest absolute Gasteiger partial charge is 0.227 e. The van der Waals surface area contributed by atoms with Crippen LogP contribution in [0.1, 0.15) is 13.8 Å². The molecule has 1 heterocycles. The average molecular weight is 279 g/mol. The van der Waals surface area contributed by atoms with Gasteiger partial charge in [0.2, 0.25) is 5.91 Å². The zero-order chi connectivity index (χ0) is 15.0. The Morgan fingerprint density at radius 3 is 2.45 bits per heavy atom. The molecule has 6 nitrogen and oxygen atoms in total. The molecule has 0 saturated heterocycles. The molecule has 0 unspecified atom stereocenters. The van der Waals surface area contributed by atoms with Crippen LogP contribution in [0.25, 0.3) is 0 Å². The summed E-state index contributed by atoms with van der Waals surface area (Å²) < 4.78 is 2.09. The molecule has 0 aliphatic carbocycles. The maximum absolute atomic E-state index is 11.7. The van der Waals surface area contributed by atoms with Crippen LogP contribution >= 0.6 is 0 Å². The van der Waals surface area contributed by atoms with Crippen LogP contribution in [0.3, 0.4) is 0 Å². The molecule has 6 heteroatoms. The lowest BCUT2D eigenvalue weighted by molar-refractivity contribution is -0.128. The van der Waals surface area contributed by atoms with Gasteiger partial charge < -0.3 is 20.5 Å². The Balaban J connectivity index is 2.35. The molecule has 1 aromatic heterocycles. The van der Waals surface area contributed by atoms with Crippen molar-refractivity contribution in [3.8, 4) is 0 Å². The number of hydrogen-bond acceptors (Lipinski definition) is 2. The quantitative estimate of drug-likeness (QED) is 0.522. The largest absolute Gasteiger partial charge is 0.359 e. The van der Waals surface area contributed by atoms with E-state index >= 15 is 0 Å². The van der Waals surface area contributed by atoms with Gasteiger partial charge in [-0.1, -0.05) is 0 Å². The summed E-state index contributed by atoms with van der Waals surface area (Å²) in [5.41, 5.74) is -0.479. The molecule has 0 atom stereocenters. The van der Waals surface area contributed by atoms with Crippen LogP contribution in [0.4, 0.5) is 0 Å². The van der Waals surface area contributed by atoms with Crippen LogP contribution in [0.5, 0.6) is 0 Å². The van der Waals surface area contributed by atoms with Crippen molar-refractivity contribution in [1.82, 2.24) is 20.5 Å². The molecule has 112 valence electrons. The van der Waals surface area contributed by atoms with Crippen molar-refractivity contribution >= 4 is 11.9 Å². The number of guanidine groups is 1. The van der Waals surface area contributed by atoms with E-state index in [1.165, 1.54) is 0 Å². The molecule has 1 aromatic rings. The molecule has 0 radical (unpaired) electrons. The molecule has 0 bridgehead atoms. The second-order valence-electron chi connectivity index (χ2n) is 5.24. The first kappa shape index (κ1) is 16.1. The molecule has 0 aliphatic heterocycles. The minimum Gasteiger partial charge on any atom is -0.359 e. The summed E-state index contributed by atoms with van der Waals surface area (Å²) in [5, 5.41) is 9.06. The maximum Gasteiger partial charge on any atom is 0.227 e. The van der Waals surface area contributed by atoms with Gasteiger partial charge in [0.25, 0.3) is 0 Å². The lowest BCUT2D eigenvalue weighted by Gasteiger charge is -2.24. The second kappa shape index (κ2) is 7.57. The summed E-state index contributed by atoms with van der Waals surface area (Å²) in [7, 11) is 3.37. The number of carbonyl (C=O) groups excluding carboxylic acids is 1. The number of amides is 1. The zero-order valence-corrected chi connectivity index (χ0v) is 12.7. The van der Waals surface area contributed by atoms with Crippen LogP contribution in [0.2, 0.25) is 0 Å². The van der Waals surface area contributed by atoms with E-state index in [0.29, 0.717) is 12.5 Å². The number of aliphatic imine (C=N–C) groups is 1. The minimum absolute atomic E-state index is 0.00722. The molecule has 0 aromatic carbocycles. The highest BCUT2D eigenvalue weighted by atomic mass is 16.2. The van der Waals surface area contributed by atoms with Crippen molar-refractivity contribution in [3.63, 3.8) is 0 Å². The number of hydrogen-bond donors (Lipinski definition) is 3. The Labute approximate surface area is 120 Å². The first-order chi connectivity index (χ1) is 9.49. The standard InChI is InChI=1S/C14H25N5O/c1-14(2,12(20)15-3)11-18-13(16-4)17-7-10-19-8-5-6-9-19/h5-6,8-9H,7,10-11H2,1-4H3,(H,15,20)(H2,16,17,18). The number of nitrogens with zero attached hydrogens (tertiary/aromatic N) is 2. The molecule has 1 amide bonds. The maximum atomic E-state index is 11.7. The van der Waals surface area contributed by atoms with Crippen LogP contribution < -0.4 is 16.0 Å². The van der Waals surface area contributed by atoms with E-state index in [4.69, 9.17) is 0 Å². The normalized spacial score (nSPS) is 12.1. The van der Waals surface area contributed by atoms with Gasteiger partial charge in [0, 0.05) is 46.1 Å². The number of rotatable bonds is 6. The minimum atomic E-state index is -0.479. The molecule has 0 saturated carbocycles. The van der Waals surface area contributed by atoms with Gasteiger partial charge in [0.1, 0.15) is 0 Å². The fourth-order valence-electron chi connectivity index (χ4n) is 1.77. The van der Waals surface area contributed by atoms with Gasteiger partial charge in [-0.05, 0) is 26.0 Å². The lowest BCUT2D eigenvalue weighted by atomic mass is 9.92. The third kappa shape index (κ3) is 4.95. The van der Waals surface area contributed by atoms with Crippen LogP contribution in [-0.2, 0) is 11.3 Å². The van der Waals surface area contributed by atoms with Crippen molar-refractivity contribution in [1.29, 1.82) is 0 Å². The van der Waals surface area contributed by atoms with E-state index in [9.17, 15) is 4.79 Å².